The van der Waals surface area contributed by atoms with Crippen LogP contribution in [0.3, 0.4) is 0 Å². The first-order valence-electron chi connectivity index (χ1n) is 7.21. The highest BCUT2D eigenvalue weighted by atomic mass is 35.5. The normalized spacial score (nSPS) is 27.1. The Morgan fingerprint density at radius 2 is 2.15 bits per heavy atom. The van der Waals surface area contributed by atoms with Gasteiger partial charge in [-0.3, -0.25) is 0 Å². The molecule has 1 aromatic heterocycles. The summed E-state index contributed by atoms with van der Waals surface area (Å²) < 4.78 is 0. The van der Waals surface area contributed by atoms with Crippen molar-refractivity contribution >= 4 is 22.9 Å². The van der Waals surface area contributed by atoms with Crippen LogP contribution in [0.2, 0.25) is 0 Å². The maximum atomic E-state index is 11.5. The molecule has 0 spiro atoms. The zero-order valence-electron chi connectivity index (χ0n) is 11.4. The van der Waals surface area contributed by atoms with Crippen LogP contribution in [0.25, 0.3) is 0 Å². The van der Waals surface area contributed by atoms with Gasteiger partial charge in [-0.2, -0.15) is 0 Å². The number of hydrogen-bond acceptors (Lipinski definition) is 3. The number of thiophene rings is 1. The number of piperidine rings is 1. The summed E-state index contributed by atoms with van der Waals surface area (Å²) in [7, 11) is 0. The Labute approximate surface area is 129 Å². The number of aliphatic hydroxyl groups is 1. The molecule has 0 bridgehead atoms. The number of hydrogen-bond donors (Lipinski definition) is 2. The summed E-state index contributed by atoms with van der Waals surface area (Å²) in [5.41, 5.74) is 0.160. The van der Waals surface area contributed by atoms with Gasteiger partial charge in [0.05, 0.1) is 5.38 Å². The average molecular weight is 310 g/mol. The minimum atomic E-state index is -0.857. The molecular weight excluding hydrogens is 290 g/mol. The fourth-order valence-corrected chi connectivity index (χ4v) is 4.28. The summed E-state index contributed by atoms with van der Waals surface area (Å²) in [6.45, 7) is 1.96. The fraction of sp³-hybridized carbons (Fsp3) is 0.500. The molecule has 0 saturated carbocycles. The number of alkyl halides is 1. The molecule has 1 aliphatic heterocycles. The molecule has 2 atom stereocenters. The molecule has 2 heterocycles. The van der Waals surface area contributed by atoms with Crippen molar-refractivity contribution in [1.29, 1.82) is 0 Å². The van der Waals surface area contributed by atoms with Crippen LogP contribution >= 0.6 is 22.9 Å². The van der Waals surface area contributed by atoms with Crippen molar-refractivity contribution in [2.24, 2.45) is 5.92 Å². The maximum absolute atomic E-state index is 11.5. The van der Waals surface area contributed by atoms with Gasteiger partial charge in [-0.15, -0.1) is 22.9 Å². The SMILES string of the molecule is OC(C1=CCC(Cl)C=C1)(c1cccs1)C1CCNCC1. The molecule has 1 aromatic rings. The number of nitrogens with one attached hydrogen (secondary N) is 1. The third kappa shape index (κ3) is 2.60. The molecule has 1 fully saturated rings. The quantitative estimate of drug-likeness (QED) is 0.839. The molecule has 1 aliphatic carbocycles. The third-order valence-corrected chi connectivity index (χ3v) is 5.63. The lowest BCUT2D eigenvalue weighted by Gasteiger charge is -2.40. The molecule has 0 aromatic carbocycles. The highest BCUT2D eigenvalue weighted by Crippen LogP contribution is 2.44. The monoisotopic (exact) mass is 309 g/mol. The lowest BCUT2D eigenvalue weighted by molar-refractivity contribution is 0.00446. The summed E-state index contributed by atoms with van der Waals surface area (Å²) in [6.07, 6.45) is 8.93. The second-order valence-electron chi connectivity index (χ2n) is 5.54. The summed E-state index contributed by atoms with van der Waals surface area (Å²) in [4.78, 5) is 1.05. The molecular formula is C16H20ClNOS. The first-order valence-corrected chi connectivity index (χ1v) is 8.53. The van der Waals surface area contributed by atoms with Gasteiger partial charge in [0.15, 0.2) is 0 Å². The lowest BCUT2D eigenvalue weighted by atomic mass is 9.74. The second-order valence-corrected chi connectivity index (χ2v) is 7.05. The first-order chi connectivity index (χ1) is 9.71. The molecule has 2 nitrogen and oxygen atoms in total. The summed E-state index contributed by atoms with van der Waals surface area (Å²) in [5, 5.41) is 17.0. The molecule has 20 heavy (non-hydrogen) atoms. The fourth-order valence-electron chi connectivity index (χ4n) is 3.19. The standard InChI is InChI=1S/C16H20ClNOS/c17-14-5-3-12(4-6-14)16(19,15-2-1-11-20-15)13-7-9-18-10-8-13/h1-5,11,13-14,18-19H,6-10H2. The Hall–Kier alpha value is -0.610. The Kier molecular flexibility index (Phi) is 4.32. The van der Waals surface area contributed by atoms with Gasteiger partial charge in [-0.1, -0.05) is 24.3 Å². The van der Waals surface area contributed by atoms with Gasteiger partial charge in [-0.05, 0) is 55.3 Å². The molecule has 108 valence electrons. The van der Waals surface area contributed by atoms with Gasteiger partial charge in [0.1, 0.15) is 5.60 Å². The lowest BCUT2D eigenvalue weighted by Crippen LogP contribution is -2.42. The highest BCUT2D eigenvalue weighted by molar-refractivity contribution is 7.10. The molecule has 3 rings (SSSR count). The zero-order valence-corrected chi connectivity index (χ0v) is 13.0. The predicted molar refractivity (Wildman–Crippen MR) is 85.3 cm³/mol. The Balaban J connectivity index is 1.97. The van der Waals surface area contributed by atoms with Crippen LogP contribution in [0.4, 0.5) is 0 Å². The van der Waals surface area contributed by atoms with Gasteiger partial charge < -0.3 is 10.4 Å². The van der Waals surface area contributed by atoms with E-state index in [0.29, 0.717) is 0 Å². The van der Waals surface area contributed by atoms with Crippen LogP contribution in [0.15, 0.2) is 41.3 Å². The number of rotatable bonds is 3. The highest BCUT2D eigenvalue weighted by Gasteiger charge is 2.42. The minimum Gasteiger partial charge on any atom is -0.379 e. The maximum Gasteiger partial charge on any atom is 0.126 e. The predicted octanol–water partition coefficient (Wildman–Crippen LogP) is 3.43. The topological polar surface area (TPSA) is 32.3 Å². The van der Waals surface area contributed by atoms with Crippen molar-refractivity contribution in [2.45, 2.75) is 30.2 Å². The van der Waals surface area contributed by atoms with E-state index in [9.17, 15) is 5.11 Å². The van der Waals surface area contributed by atoms with Crippen LogP contribution in [0.1, 0.15) is 24.1 Å². The van der Waals surface area contributed by atoms with E-state index in [2.05, 4.69) is 11.4 Å². The zero-order chi connectivity index (χ0) is 14.0. The second kappa shape index (κ2) is 6.02. The van der Waals surface area contributed by atoms with E-state index in [4.69, 9.17) is 11.6 Å². The summed E-state index contributed by atoms with van der Waals surface area (Å²) in [5.74, 6) is 0.269. The van der Waals surface area contributed by atoms with Gasteiger partial charge in [0.25, 0.3) is 0 Å². The molecule has 2 aliphatic rings. The summed E-state index contributed by atoms with van der Waals surface area (Å²) >= 11 is 7.76. The minimum absolute atomic E-state index is 0.0550. The molecule has 2 unspecified atom stereocenters. The van der Waals surface area contributed by atoms with Crippen LogP contribution in [0.5, 0.6) is 0 Å². The van der Waals surface area contributed by atoms with Gasteiger partial charge in [0.2, 0.25) is 0 Å². The van der Waals surface area contributed by atoms with Gasteiger partial charge in [-0.25, -0.2) is 0 Å². The van der Waals surface area contributed by atoms with E-state index in [-0.39, 0.29) is 11.3 Å². The number of halogens is 1. The van der Waals surface area contributed by atoms with Crippen molar-refractivity contribution in [3.63, 3.8) is 0 Å². The Morgan fingerprint density at radius 3 is 2.75 bits per heavy atom. The van der Waals surface area contributed by atoms with E-state index in [1.54, 1.807) is 11.3 Å². The van der Waals surface area contributed by atoms with Gasteiger partial charge >= 0.3 is 0 Å². The Bertz CT molecular complexity index is 505. The van der Waals surface area contributed by atoms with Crippen LogP contribution in [0, 0.1) is 5.92 Å². The van der Waals surface area contributed by atoms with E-state index in [1.807, 2.05) is 29.7 Å². The van der Waals surface area contributed by atoms with Gasteiger partial charge in [0, 0.05) is 4.88 Å². The van der Waals surface area contributed by atoms with E-state index < -0.39 is 5.60 Å². The molecule has 0 radical (unpaired) electrons. The molecule has 0 amide bonds. The third-order valence-electron chi connectivity index (χ3n) is 4.31. The molecule has 4 heteroatoms. The van der Waals surface area contributed by atoms with Crippen molar-refractivity contribution in [2.75, 3.05) is 13.1 Å². The Morgan fingerprint density at radius 1 is 1.35 bits per heavy atom. The van der Waals surface area contributed by atoms with Crippen LogP contribution < -0.4 is 5.32 Å². The van der Waals surface area contributed by atoms with E-state index >= 15 is 0 Å². The molecule has 1 saturated heterocycles. The van der Waals surface area contributed by atoms with E-state index in [1.165, 1.54) is 0 Å². The van der Waals surface area contributed by atoms with E-state index in [0.717, 1.165) is 42.8 Å². The number of allylic oxidation sites excluding steroid dienone is 2. The summed E-state index contributed by atoms with van der Waals surface area (Å²) in [6, 6.07) is 4.07. The average Bonchev–Trinajstić information content (AvgIpc) is 3.03. The van der Waals surface area contributed by atoms with Crippen LogP contribution in [-0.4, -0.2) is 23.6 Å². The van der Waals surface area contributed by atoms with Crippen molar-refractivity contribution in [3.05, 3.63) is 46.2 Å². The first kappa shape index (κ1) is 14.3. The van der Waals surface area contributed by atoms with Crippen molar-refractivity contribution in [3.8, 4) is 0 Å². The smallest absolute Gasteiger partial charge is 0.126 e. The molecule has 2 N–H and O–H groups in total. The van der Waals surface area contributed by atoms with Crippen molar-refractivity contribution < 1.29 is 5.11 Å². The largest absolute Gasteiger partial charge is 0.379 e. The van der Waals surface area contributed by atoms with Crippen molar-refractivity contribution in [1.82, 2.24) is 5.32 Å². The van der Waals surface area contributed by atoms with Crippen LogP contribution in [-0.2, 0) is 5.60 Å².